The van der Waals surface area contributed by atoms with Crippen LogP contribution in [-0.4, -0.2) is 6.54 Å². The Morgan fingerprint density at radius 2 is 1.80 bits per heavy atom. The van der Waals surface area contributed by atoms with Crippen LogP contribution in [0.3, 0.4) is 0 Å². The van der Waals surface area contributed by atoms with Gasteiger partial charge in [-0.25, -0.2) is 0 Å². The van der Waals surface area contributed by atoms with E-state index in [1.165, 1.54) is 0 Å². The van der Waals surface area contributed by atoms with Gasteiger partial charge in [0, 0.05) is 21.7 Å². The van der Waals surface area contributed by atoms with E-state index >= 15 is 0 Å². The molecule has 30 valence electrons. The molecule has 1 nitrogen and oxygen atoms in total. The molecular weight excluding hydrogens is 97.9 g/mol. The van der Waals surface area contributed by atoms with Gasteiger partial charge in [-0.1, -0.05) is 0 Å². The SMILES string of the molecule is [CH2-]CCN.[Ti]. The van der Waals surface area contributed by atoms with Crippen molar-refractivity contribution >= 4 is 0 Å². The van der Waals surface area contributed by atoms with E-state index in [9.17, 15) is 0 Å². The van der Waals surface area contributed by atoms with Crippen LogP contribution in [0.15, 0.2) is 0 Å². The maximum atomic E-state index is 4.97. The molecule has 0 atom stereocenters. The van der Waals surface area contributed by atoms with Crippen molar-refractivity contribution in [2.45, 2.75) is 6.42 Å². The number of hydrogen-bond donors (Lipinski definition) is 1. The molecule has 0 aliphatic heterocycles. The Bertz CT molecular complexity index is 8.85. The van der Waals surface area contributed by atoms with Gasteiger partial charge < -0.3 is 12.7 Å². The van der Waals surface area contributed by atoms with Gasteiger partial charge in [-0.05, 0) is 6.54 Å². The van der Waals surface area contributed by atoms with Gasteiger partial charge in [0.1, 0.15) is 0 Å². The third kappa shape index (κ3) is 11.9. The topological polar surface area (TPSA) is 26.0 Å². The number of nitrogens with two attached hydrogens (primary N) is 1. The smallest absolute Gasteiger partial charge is 0 e. The van der Waals surface area contributed by atoms with Crippen molar-refractivity contribution in [2.75, 3.05) is 6.54 Å². The van der Waals surface area contributed by atoms with Crippen molar-refractivity contribution in [3.63, 3.8) is 0 Å². The fourth-order valence-electron chi connectivity index (χ4n) is 0. The molecule has 0 unspecified atom stereocenters. The molecule has 0 saturated carbocycles. The van der Waals surface area contributed by atoms with Crippen molar-refractivity contribution < 1.29 is 21.7 Å². The molecule has 0 aliphatic carbocycles. The van der Waals surface area contributed by atoms with E-state index in [2.05, 4.69) is 6.92 Å². The molecule has 0 rings (SSSR count). The monoisotopic (exact) mass is 106 g/mol. The van der Waals surface area contributed by atoms with Crippen molar-refractivity contribution in [1.29, 1.82) is 0 Å². The van der Waals surface area contributed by atoms with Crippen LogP contribution in [0.25, 0.3) is 0 Å². The minimum absolute atomic E-state index is 0. The molecule has 0 fully saturated rings. The van der Waals surface area contributed by atoms with E-state index in [0.29, 0.717) is 6.54 Å². The molecule has 0 spiro atoms. The summed E-state index contributed by atoms with van der Waals surface area (Å²) < 4.78 is 0. The van der Waals surface area contributed by atoms with Gasteiger partial charge in [0.2, 0.25) is 0 Å². The van der Waals surface area contributed by atoms with Crippen LogP contribution in [0.5, 0.6) is 0 Å². The Balaban J connectivity index is 0. The summed E-state index contributed by atoms with van der Waals surface area (Å²) in [5.41, 5.74) is 4.97. The largest absolute Gasteiger partial charge is 0.342 e. The second-order valence-corrected chi connectivity index (χ2v) is 0.642. The van der Waals surface area contributed by atoms with Crippen LogP contribution in [0.1, 0.15) is 6.42 Å². The second-order valence-electron chi connectivity index (χ2n) is 0.642. The fourth-order valence-corrected chi connectivity index (χ4v) is 0. The van der Waals surface area contributed by atoms with Gasteiger partial charge in [0.25, 0.3) is 0 Å². The summed E-state index contributed by atoms with van der Waals surface area (Å²) in [6, 6.07) is 0. The van der Waals surface area contributed by atoms with Crippen molar-refractivity contribution in [1.82, 2.24) is 0 Å². The summed E-state index contributed by atoms with van der Waals surface area (Å²) in [6.45, 7) is 4.19. The van der Waals surface area contributed by atoms with Crippen LogP contribution < -0.4 is 5.73 Å². The third-order valence-corrected chi connectivity index (χ3v) is 0.204. The van der Waals surface area contributed by atoms with Gasteiger partial charge in [0.15, 0.2) is 0 Å². The van der Waals surface area contributed by atoms with Crippen molar-refractivity contribution in [3.8, 4) is 0 Å². The third-order valence-electron chi connectivity index (χ3n) is 0.204. The summed E-state index contributed by atoms with van der Waals surface area (Å²) in [7, 11) is 0. The van der Waals surface area contributed by atoms with Crippen LogP contribution in [0.4, 0.5) is 0 Å². The molecule has 0 aromatic rings. The van der Waals surface area contributed by atoms with E-state index in [0.717, 1.165) is 6.42 Å². The van der Waals surface area contributed by atoms with Gasteiger partial charge in [-0.2, -0.15) is 6.42 Å². The van der Waals surface area contributed by atoms with E-state index in [1.807, 2.05) is 0 Å². The molecule has 2 heteroatoms. The maximum absolute atomic E-state index is 4.97. The van der Waals surface area contributed by atoms with Crippen LogP contribution >= 0.6 is 0 Å². The van der Waals surface area contributed by atoms with Crippen LogP contribution in [0, 0.1) is 6.92 Å². The Morgan fingerprint density at radius 3 is 1.80 bits per heavy atom. The first-order valence-corrected chi connectivity index (χ1v) is 1.41. The predicted octanol–water partition coefficient (Wildman–Crippen LogP) is 0.167. The molecule has 0 saturated heterocycles. The van der Waals surface area contributed by atoms with Gasteiger partial charge in [-0.3, -0.25) is 0 Å². The summed E-state index contributed by atoms with van der Waals surface area (Å²) in [6.07, 6.45) is 0.847. The van der Waals surface area contributed by atoms with Gasteiger partial charge in [0.05, 0.1) is 0 Å². The zero-order chi connectivity index (χ0) is 3.41. The van der Waals surface area contributed by atoms with E-state index in [4.69, 9.17) is 5.73 Å². The van der Waals surface area contributed by atoms with Gasteiger partial charge in [-0.15, -0.1) is 0 Å². The molecule has 2 N–H and O–H groups in total. The molecule has 0 amide bonds. The molecule has 0 bridgehead atoms. The van der Waals surface area contributed by atoms with E-state index in [-0.39, 0.29) is 21.7 Å². The molecule has 0 heterocycles. The first-order chi connectivity index (χ1) is 1.91. The summed E-state index contributed by atoms with van der Waals surface area (Å²) >= 11 is 0. The van der Waals surface area contributed by atoms with Crippen molar-refractivity contribution in [3.05, 3.63) is 6.92 Å². The summed E-state index contributed by atoms with van der Waals surface area (Å²) in [5, 5.41) is 0. The molecule has 0 aromatic carbocycles. The maximum Gasteiger partial charge on any atom is 0 e. The Morgan fingerprint density at radius 1 is 1.60 bits per heavy atom. The average Bonchev–Trinajstić information content (AvgIpc) is 1.37. The molecule has 0 radical (unpaired) electrons. The van der Waals surface area contributed by atoms with Gasteiger partial charge >= 0.3 is 0 Å². The minimum atomic E-state index is 0. The van der Waals surface area contributed by atoms with Crippen molar-refractivity contribution in [2.24, 2.45) is 5.73 Å². The van der Waals surface area contributed by atoms with E-state index < -0.39 is 0 Å². The summed E-state index contributed by atoms with van der Waals surface area (Å²) in [5.74, 6) is 0. The number of rotatable bonds is 1. The fraction of sp³-hybridized carbons (Fsp3) is 0.667. The van der Waals surface area contributed by atoms with E-state index in [1.54, 1.807) is 0 Å². The standard InChI is InChI=1S/C3H8N.Ti/c1-2-3-4;/h1-4H2;/q-1;. The molecule has 0 aromatic heterocycles. The molecule has 0 aliphatic rings. The van der Waals surface area contributed by atoms with Crippen LogP contribution in [0.2, 0.25) is 0 Å². The molecule has 5 heavy (non-hydrogen) atoms. The Kier molecular flexibility index (Phi) is 16.2. The summed E-state index contributed by atoms with van der Waals surface area (Å²) in [4.78, 5) is 0. The van der Waals surface area contributed by atoms with Crippen LogP contribution in [-0.2, 0) is 21.7 Å². The number of hydrogen-bond acceptors (Lipinski definition) is 1. The quantitative estimate of drug-likeness (QED) is 0.374. The zero-order valence-electron chi connectivity index (χ0n) is 3.20. The minimum Gasteiger partial charge on any atom is -0.342 e. The Labute approximate surface area is 47.8 Å². The first-order valence-electron chi connectivity index (χ1n) is 1.41. The first kappa shape index (κ1) is 9.18. The normalized spacial score (nSPS) is 6.00. The second kappa shape index (κ2) is 8.82. The molecular formula is C3H8NTi-. The predicted molar refractivity (Wildman–Crippen MR) is 19.0 cm³/mol. The Hall–Kier alpha value is 0.674. The zero-order valence-corrected chi connectivity index (χ0v) is 4.76. The average molecular weight is 106 g/mol.